The van der Waals surface area contributed by atoms with E-state index in [-0.39, 0.29) is 11.9 Å². The lowest BCUT2D eigenvalue weighted by Crippen LogP contribution is -2.51. The van der Waals surface area contributed by atoms with Crippen molar-refractivity contribution in [2.45, 2.75) is 25.4 Å². The average Bonchev–Trinajstić information content (AvgIpc) is 3.34. The van der Waals surface area contributed by atoms with E-state index in [9.17, 15) is 4.79 Å². The number of amides is 1. The molecule has 134 valence electrons. The van der Waals surface area contributed by atoms with Crippen molar-refractivity contribution in [2.24, 2.45) is 0 Å². The van der Waals surface area contributed by atoms with Crippen LogP contribution in [0.25, 0.3) is 10.6 Å². The van der Waals surface area contributed by atoms with Gasteiger partial charge in [0.1, 0.15) is 0 Å². The topological polar surface area (TPSA) is 49.6 Å². The van der Waals surface area contributed by atoms with E-state index in [2.05, 4.69) is 4.98 Å². The first kappa shape index (κ1) is 17.0. The molecule has 0 N–H and O–H groups in total. The molecule has 3 heterocycles. The monoisotopic (exact) mass is 367 g/mol. The highest BCUT2D eigenvalue weighted by Gasteiger charge is 2.32. The van der Waals surface area contributed by atoms with Crippen molar-refractivity contribution < 1.29 is 9.21 Å². The van der Waals surface area contributed by atoms with Gasteiger partial charge >= 0.3 is 0 Å². The van der Waals surface area contributed by atoms with Gasteiger partial charge in [-0.2, -0.15) is 0 Å². The Bertz CT molecular complexity index is 860. The van der Waals surface area contributed by atoms with Crippen LogP contribution in [0.3, 0.4) is 0 Å². The summed E-state index contributed by atoms with van der Waals surface area (Å²) in [6.07, 6.45) is 3.60. The van der Waals surface area contributed by atoms with Crippen LogP contribution in [0, 0.1) is 0 Å². The van der Waals surface area contributed by atoms with E-state index in [1.807, 2.05) is 64.7 Å². The fraction of sp³-hybridized carbons (Fsp3) is 0.300. The third kappa shape index (κ3) is 3.43. The van der Waals surface area contributed by atoms with Gasteiger partial charge in [0.2, 0.25) is 11.8 Å². The molecule has 1 aliphatic heterocycles. The maximum atomic E-state index is 13.0. The molecule has 4 rings (SSSR count). The van der Waals surface area contributed by atoms with E-state index in [0.29, 0.717) is 12.4 Å². The quantitative estimate of drug-likeness (QED) is 0.683. The largest absolute Gasteiger partial charge is 0.438 e. The zero-order valence-electron chi connectivity index (χ0n) is 14.7. The van der Waals surface area contributed by atoms with Crippen LogP contribution in [-0.4, -0.2) is 35.4 Å². The van der Waals surface area contributed by atoms with Crippen LogP contribution in [0.2, 0.25) is 0 Å². The molecule has 1 fully saturated rings. The minimum absolute atomic E-state index is 0.148. The van der Waals surface area contributed by atoms with Gasteiger partial charge in [-0.3, -0.25) is 9.69 Å². The predicted molar refractivity (Wildman–Crippen MR) is 103 cm³/mol. The molecular formula is C20H21N3O2S. The highest BCUT2D eigenvalue weighted by Crippen LogP contribution is 2.27. The van der Waals surface area contributed by atoms with Gasteiger partial charge in [-0.05, 0) is 43.5 Å². The molecule has 3 aromatic rings. The van der Waals surface area contributed by atoms with E-state index < -0.39 is 0 Å². The van der Waals surface area contributed by atoms with E-state index in [1.54, 1.807) is 17.5 Å². The number of rotatable bonds is 5. The number of hydrogen-bond acceptors (Lipinski definition) is 5. The van der Waals surface area contributed by atoms with Crippen LogP contribution in [0.4, 0.5) is 5.69 Å². The summed E-state index contributed by atoms with van der Waals surface area (Å²) in [6.45, 7) is 1.29. The number of aromatic nitrogens is 1. The zero-order chi connectivity index (χ0) is 17.9. The lowest BCUT2D eigenvalue weighted by Gasteiger charge is -2.36. The second-order valence-corrected chi connectivity index (χ2v) is 7.44. The fourth-order valence-electron chi connectivity index (χ4n) is 3.37. The molecule has 2 aromatic heterocycles. The second kappa shape index (κ2) is 7.43. The predicted octanol–water partition coefficient (Wildman–Crippen LogP) is 4.03. The summed E-state index contributed by atoms with van der Waals surface area (Å²) in [7, 11) is 1.96. The Morgan fingerprint density at radius 3 is 2.88 bits per heavy atom. The van der Waals surface area contributed by atoms with Crippen LogP contribution >= 0.6 is 11.3 Å². The summed E-state index contributed by atoms with van der Waals surface area (Å²) < 4.78 is 5.87. The van der Waals surface area contributed by atoms with Crippen molar-refractivity contribution in [1.82, 2.24) is 9.88 Å². The molecule has 0 aliphatic carbocycles. The Morgan fingerprint density at radius 2 is 2.12 bits per heavy atom. The standard InChI is InChI=1S/C20H21N3O2S/c1-22(14-19-21-13-17(25-19)18-10-6-12-26-18)16-9-5-11-23(20(16)24)15-7-3-2-4-8-15/h2-4,6-8,10,12-13,16H,5,9,11,14H2,1H3. The summed E-state index contributed by atoms with van der Waals surface area (Å²) in [5, 5.41) is 2.02. The smallest absolute Gasteiger partial charge is 0.244 e. The van der Waals surface area contributed by atoms with Crippen molar-refractivity contribution in [3.63, 3.8) is 0 Å². The van der Waals surface area contributed by atoms with Crippen LogP contribution in [-0.2, 0) is 11.3 Å². The fourth-order valence-corrected chi connectivity index (χ4v) is 4.04. The van der Waals surface area contributed by atoms with Crippen molar-refractivity contribution in [3.8, 4) is 10.6 Å². The number of hydrogen-bond donors (Lipinski definition) is 0. The van der Waals surface area contributed by atoms with Gasteiger partial charge in [-0.25, -0.2) is 4.98 Å². The second-order valence-electron chi connectivity index (χ2n) is 6.49. The molecule has 1 saturated heterocycles. The summed E-state index contributed by atoms with van der Waals surface area (Å²) >= 11 is 1.63. The molecule has 6 heteroatoms. The Labute approximate surface area is 156 Å². The molecule has 1 atom stereocenters. The van der Waals surface area contributed by atoms with Gasteiger partial charge in [0, 0.05) is 12.2 Å². The molecule has 0 spiro atoms. The number of thiophene rings is 1. The Balaban J connectivity index is 1.46. The number of benzene rings is 1. The minimum atomic E-state index is -0.152. The Morgan fingerprint density at radius 1 is 1.27 bits per heavy atom. The highest BCUT2D eigenvalue weighted by molar-refractivity contribution is 7.13. The van der Waals surface area contributed by atoms with E-state index in [4.69, 9.17) is 4.42 Å². The SMILES string of the molecule is CN(Cc1ncc(-c2cccs2)o1)C1CCCN(c2ccccc2)C1=O. The first-order valence-corrected chi connectivity index (χ1v) is 9.65. The van der Waals surface area contributed by atoms with E-state index in [1.165, 1.54) is 0 Å². The molecule has 26 heavy (non-hydrogen) atoms. The Hall–Kier alpha value is -2.44. The number of likely N-dealkylation sites (N-methyl/N-ethyl adjacent to an activating group) is 1. The summed E-state index contributed by atoms with van der Waals surface area (Å²) in [5.74, 6) is 1.57. The van der Waals surface area contributed by atoms with Crippen LogP contribution < -0.4 is 4.90 Å². The third-order valence-corrected chi connectivity index (χ3v) is 5.60. The lowest BCUT2D eigenvalue weighted by atomic mass is 10.0. The number of oxazole rings is 1. The van der Waals surface area contributed by atoms with E-state index >= 15 is 0 Å². The first-order chi connectivity index (χ1) is 12.7. The number of para-hydroxylation sites is 1. The van der Waals surface area contributed by atoms with Crippen LogP contribution in [0.5, 0.6) is 0 Å². The number of nitrogens with zero attached hydrogens (tertiary/aromatic N) is 3. The summed E-state index contributed by atoms with van der Waals surface area (Å²) in [4.78, 5) is 22.4. The number of carbonyl (C=O) groups is 1. The van der Waals surface area contributed by atoms with Gasteiger partial charge < -0.3 is 9.32 Å². The van der Waals surface area contributed by atoms with Gasteiger partial charge in [0.15, 0.2) is 5.76 Å². The zero-order valence-corrected chi connectivity index (χ0v) is 15.5. The molecule has 1 amide bonds. The van der Waals surface area contributed by atoms with Crippen molar-refractivity contribution in [2.75, 3.05) is 18.5 Å². The summed E-state index contributed by atoms with van der Waals surface area (Å²) in [5.41, 5.74) is 0.965. The van der Waals surface area contributed by atoms with Gasteiger partial charge in [-0.15, -0.1) is 11.3 Å². The molecule has 1 aromatic carbocycles. The maximum Gasteiger partial charge on any atom is 0.244 e. The first-order valence-electron chi connectivity index (χ1n) is 8.77. The van der Waals surface area contributed by atoms with Crippen molar-refractivity contribution in [3.05, 3.63) is 59.9 Å². The molecule has 1 aliphatic rings. The molecule has 0 bridgehead atoms. The van der Waals surface area contributed by atoms with Crippen molar-refractivity contribution >= 4 is 22.9 Å². The molecule has 0 radical (unpaired) electrons. The molecular weight excluding hydrogens is 346 g/mol. The normalized spacial score (nSPS) is 17.8. The molecule has 1 unspecified atom stereocenters. The summed E-state index contributed by atoms with van der Waals surface area (Å²) in [6, 6.07) is 13.7. The van der Waals surface area contributed by atoms with E-state index in [0.717, 1.165) is 35.7 Å². The highest BCUT2D eigenvalue weighted by atomic mass is 32.1. The average molecular weight is 367 g/mol. The minimum Gasteiger partial charge on any atom is -0.438 e. The van der Waals surface area contributed by atoms with Gasteiger partial charge in [0.25, 0.3) is 0 Å². The van der Waals surface area contributed by atoms with Gasteiger partial charge in [-0.1, -0.05) is 24.3 Å². The Kier molecular flexibility index (Phi) is 4.86. The maximum absolute atomic E-state index is 13.0. The van der Waals surface area contributed by atoms with Crippen molar-refractivity contribution in [1.29, 1.82) is 0 Å². The molecule has 5 nitrogen and oxygen atoms in total. The van der Waals surface area contributed by atoms with Gasteiger partial charge in [0.05, 0.1) is 23.7 Å². The number of piperidine rings is 1. The number of anilines is 1. The lowest BCUT2D eigenvalue weighted by molar-refractivity contribution is -0.125. The third-order valence-electron chi connectivity index (χ3n) is 4.71. The van der Waals surface area contributed by atoms with Crippen LogP contribution in [0.15, 0.2) is 58.5 Å². The number of carbonyl (C=O) groups excluding carboxylic acids is 1. The molecule has 0 saturated carbocycles. The van der Waals surface area contributed by atoms with Crippen LogP contribution in [0.1, 0.15) is 18.7 Å².